The van der Waals surface area contributed by atoms with E-state index in [0.717, 1.165) is 16.7 Å². The van der Waals surface area contributed by atoms with Gasteiger partial charge in [0.2, 0.25) is 0 Å². The Morgan fingerprint density at radius 2 is 2.19 bits per heavy atom. The number of imide groups is 1. The van der Waals surface area contributed by atoms with Gasteiger partial charge in [0.15, 0.2) is 0 Å². The predicted octanol–water partition coefficient (Wildman–Crippen LogP) is 1.69. The van der Waals surface area contributed by atoms with Gasteiger partial charge in [0, 0.05) is 24.7 Å². The lowest BCUT2D eigenvalue weighted by molar-refractivity contribution is -0.137. The Balaban J connectivity index is 2.11. The SMILES string of the molecule is O=C(O)CCCN1C(=O)SC(=Cc2ccncc2O)C1=O. The fourth-order valence-corrected chi connectivity index (χ4v) is 2.60. The number of amides is 2. The Kier molecular flexibility index (Phi) is 4.59. The second kappa shape index (κ2) is 6.40. The summed E-state index contributed by atoms with van der Waals surface area (Å²) in [6, 6.07) is 1.52. The summed E-state index contributed by atoms with van der Waals surface area (Å²) in [5.41, 5.74) is 0.390. The van der Waals surface area contributed by atoms with E-state index in [1.165, 1.54) is 24.5 Å². The van der Waals surface area contributed by atoms with Gasteiger partial charge in [-0.05, 0) is 30.3 Å². The highest BCUT2D eigenvalue weighted by molar-refractivity contribution is 8.18. The summed E-state index contributed by atoms with van der Waals surface area (Å²) >= 11 is 0.764. The number of hydrogen-bond donors (Lipinski definition) is 2. The molecule has 0 atom stereocenters. The Morgan fingerprint density at radius 1 is 1.43 bits per heavy atom. The summed E-state index contributed by atoms with van der Waals surface area (Å²) in [7, 11) is 0. The van der Waals surface area contributed by atoms with Gasteiger partial charge in [0.1, 0.15) is 5.75 Å². The van der Waals surface area contributed by atoms with E-state index in [-0.39, 0.29) is 30.0 Å². The summed E-state index contributed by atoms with van der Waals surface area (Å²) in [4.78, 5) is 39.2. The smallest absolute Gasteiger partial charge is 0.303 e. The van der Waals surface area contributed by atoms with E-state index in [4.69, 9.17) is 5.11 Å². The highest BCUT2D eigenvalue weighted by Crippen LogP contribution is 2.33. The molecular formula is C13H12N2O5S. The molecule has 0 aromatic carbocycles. The van der Waals surface area contributed by atoms with E-state index >= 15 is 0 Å². The van der Waals surface area contributed by atoms with Gasteiger partial charge in [0.25, 0.3) is 11.1 Å². The van der Waals surface area contributed by atoms with Gasteiger partial charge in [-0.1, -0.05) is 0 Å². The fraction of sp³-hybridized carbons (Fsp3) is 0.231. The Morgan fingerprint density at radius 3 is 2.86 bits per heavy atom. The monoisotopic (exact) mass is 308 g/mol. The molecule has 0 spiro atoms. The molecule has 0 radical (unpaired) electrons. The van der Waals surface area contributed by atoms with Crippen LogP contribution in [-0.2, 0) is 9.59 Å². The number of hydrogen-bond acceptors (Lipinski definition) is 6. The first kappa shape index (κ1) is 15.0. The quantitative estimate of drug-likeness (QED) is 0.797. The van der Waals surface area contributed by atoms with Crippen molar-refractivity contribution in [3.63, 3.8) is 0 Å². The maximum atomic E-state index is 12.1. The summed E-state index contributed by atoms with van der Waals surface area (Å²) < 4.78 is 0. The summed E-state index contributed by atoms with van der Waals surface area (Å²) in [5.74, 6) is -1.54. The number of carbonyl (C=O) groups excluding carboxylic acids is 2. The number of nitrogens with zero attached hydrogens (tertiary/aromatic N) is 2. The highest BCUT2D eigenvalue weighted by atomic mass is 32.2. The molecule has 1 aromatic rings. The molecular weight excluding hydrogens is 296 g/mol. The van der Waals surface area contributed by atoms with E-state index in [2.05, 4.69) is 4.98 Å². The normalized spacial score (nSPS) is 16.8. The molecule has 2 heterocycles. The second-order valence-electron chi connectivity index (χ2n) is 4.27. The van der Waals surface area contributed by atoms with Crippen LogP contribution in [0.5, 0.6) is 5.75 Å². The van der Waals surface area contributed by atoms with E-state index in [1.807, 2.05) is 0 Å². The van der Waals surface area contributed by atoms with Crippen LogP contribution < -0.4 is 0 Å². The van der Waals surface area contributed by atoms with Crippen LogP contribution >= 0.6 is 11.8 Å². The van der Waals surface area contributed by atoms with Gasteiger partial charge in [0.05, 0.1) is 11.1 Å². The standard InChI is InChI=1S/C13H12N2O5S/c16-9-7-14-4-3-8(9)6-10-12(19)15(13(20)21-10)5-1-2-11(17)18/h3-4,6-7,16H,1-2,5H2,(H,17,18). The molecule has 1 aliphatic heterocycles. The molecule has 2 amide bonds. The zero-order valence-electron chi connectivity index (χ0n) is 10.9. The average Bonchev–Trinajstić information content (AvgIpc) is 2.68. The van der Waals surface area contributed by atoms with Gasteiger partial charge >= 0.3 is 5.97 Å². The fourth-order valence-electron chi connectivity index (χ4n) is 1.74. The minimum atomic E-state index is -0.973. The zero-order chi connectivity index (χ0) is 15.4. The third kappa shape index (κ3) is 3.60. The molecule has 7 nitrogen and oxygen atoms in total. The minimum absolute atomic E-state index is 0.0661. The first-order chi connectivity index (χ1) is 9.99. The van der Waals surface area contributed by atoms with Crippen LogP contribution in [0.4, 0.5) is 4.79 Å². The first-order valence-electron chi connectivity index (χ1n) is 6.09. The number of aliphatic carboxylic acids is 1. The molecule has 0 bridgehead atoms. The van der Waals surface area contributed by atoms with Gasteiger partial charge in [-0.15, -0.1) is 0 Å². The van der Waals surface area contributed by atoms with Crippen LogP contribution in [0.3, 0.4) is 0 Å². The van der Waals surface area contributed by atoms with Gasteiger partial charge in [-0.2, -0.15) is 0 Å². The Labute approximate surface area is 124 Å². The number of pyridine rings is 1. The van der Waals surface area contributed by atoms with Crippen LogP contribution in [0.15, 0.2) is 23.4 Å². The van der Waals surface area contributed by atoms with Crippen molar-refractivity contribution >= 4 is 35.0 Å². The predicted molar refractivity (Wildman–Crippen MR) is 75.4 cm³/mol. The third-order valence-corrected chi connectivity index (χ3v) is 3.67. The number of carboxylic acids is 1. The molecule has 1 saturated heterocycles. The lowest BCUT2D eigenvalue weighted by atomic mass is 10.2. The summed E-state index contributed by atoms with van der Waals surface area (Å²) in [6.45, 7) is 0.0661. The molecule has 21 heavy (non-hydrogen) atoms. The molecule has 110 valence electrons. The number of thioether (sulfide) groups is 1. The number of carbonyl (C=O) groups is 3. The van der Waals surface area contributed by atoms with Crippen LogP contribution in [0.25, 0.3) is 6.08 Å². The van der Waals surface area contributed by atoms with Crippen molar-refractivity contribution in [1.82, 2.24) is 9.88 Å². The molecule has 1 fully saturated rings. The van der Waals surface area contributed by atoms with Gasteiger partial charge in [-0.25, -0.2) is 0 Å². The third-order valence-electron chi connectivity index (χ3n) is 2.77. The zero-order valence-corrected chi connectivity index (χ0v) is 11.7. The topological polar surface area (TPSA) is 108 Å². The van der Waals surface area contributed by atoms with Crippen molar-refractivity contribution in [2.75, 3.05) is 6.54 Å². The highest BCUT2D eigenvalue weighted by Gasteiger charge is 2.34. The molecule has 2 rings (SSSR count). The number of aromatic nitrogens is 1. The van der Waals surface area contributed by atoms with E-state index in [9.17, 15) is 19.5 Å². The van der Waals surface area contributed by atoms with Crippen LogP contribution in [0.1, 0.15) is 18.4 Å². The molecule has 0 unspecified atom stereocenters. The minimum Gasteiger partial charge on any atom is -0.506 e. The van der Waals surface area contributed by atoms with E-state index in [0.29, 0.717) is 5.56 Å². The maximum Gasteiger partial charge on any atom is 0.303 e. The van der Waals surface area contributed by atoms with Crippen LogP contribution in [0.2, 0.25) is 0 Å². The number of carboxylic acid groups (broad SMARTS) is 1. The van der Waals surface area contributed by atoms with Crippen molar-refractivity contribution in [1.29, 1.82) is 0 Å². The largest absolute Gasteiger partial charge is 0.506 e. The average molecular weight is 308 g/mol. The van der Waals surface area contributed by atoms with Gasteiger partial charge in [-0.3, -0.25) is 24.3 Å². The second-order valence-corrected chi connectivity index (χ2v) is 5.26. The Bertz CT molecular complexity index is 629. The molecule has 2 N–H and O–H groups in total. The molecule has 0 saturated carbocycles. The van der Waals surface area contributed by atoms with E-state index < -0.39 is 17.1 Å². The number of aromatic hydroxyl groups is 1. The van der Waals surface area contributed by atoms with Crippen LogP contribution in [-0.4, -0.2) is 43.8 Å². The molecule has 0 aliphatic carbocycles. The number of rotatable bonds is 5. The molecule has 1 aliphatic rings. The summed E-state index contributed by atoms with van der Waals surface area (Å²) in [6.07, 6.45) is 4.22. The Hall–Kier alpha value is -2.35. The van der Waals surface area contributed by atoms with Crippen molar-refractivity contribution < 1.29 is 24.6 Å². The maximum absolute atomic E-state index is 12.1. The van der Waals surface area contributed by atoms with Crippen molar-refractivity contribution in [3.8, 4) is 5.75 Å². The molecule has 1 aromatic heterocycles. The van der Waals surface area contributed by atoms with Crippen molar-refractivity contribution in [3.05, 3.63) is 28.9 Å². The lowest BCUT2D eigenvalue weighted by Gasteiger charge is -2.10. The van der Waals surface area contributed by atoms with E-state index in [1.54, 1.807) is 0 Å². The van der Waals surface area contributed by atoms with Crippen molar-refractivity contribution in [2.45, 2.75) is 12.8 Å². The lowest BCUT2D eigenvalue weighted by Crippen LogP contribution is -2.29. The van der Waals surface area contributed by atoms with Crippen molar-refractivity contribution in [2.24, 2.45) is 0 Å². The first-order valence-corrected chi connectivity index (χ1v) is 6.91. The summed E-state index contributed by atoms with van der Waals surface area (Å²) in [5, 5.41) is 17.7. The van der Waals surface area contributed by atoms with Crippen LogP contribution in [0, 0.1) is 0 Å². The van der Waals surface area contributed by atoms with Gasteiger partial charge < -0.3 is 10.2 Å². The molecule has 8 heteroatoms.